The second-order valence-corrected chi connectivity index (χ2v) is 8.02. The van der Waals surface area contributed by atoms with Crippen LogP contribution in [0, 0.1) is 11.3 Å². The molecular weight excluding hydrogens is 426 g/mol. The molecule has 0 bridgehead atoms. The Hall–Kier alpha value is -3.70. The molecule has 1 aliphatic heterocycles. The number of anilines is 3. The molecule has 1 saturated heterocycles. The van der Waals surface area contributed by atoms with Crippen LogP contribution in [-0.4, -0.2) is 41.0 Å². The fourth-order valence-electron chi connectivity index (χ4n) is 3.83. The van der Waals surface area contributed by atoms with Gasteiger partial charge >= 0.3 is 0 Å². The highest BCUT2D eigenvalue weighted by Crippen LogP contribution is 2.36. The van der Waals surface area contributed by atoms with E-state index >= 15 is 0 Å². The number of halogens is 1. The molecule has 1 fully saturated rings. The van der Waals surface area contributed by atoms with Crippen molar-refractivity contribution in [2.75, 3.05) is 30.4 Å². The van der Waals surface area contributed by atoms with Crippen LogP contribution < -0.4 is 15.5 Å². The van der Waals surface area contributed by atoms with Gasteiger partial charge in [0.05, 0.1) is 11.5 Å². The summed E-state index contributed by atoms with van der Waals surface area (Å²) in [6, 6.07) is 17.1. The van der Waals surface area contributed by atoms with Gasteiger partial charge in [-0.2, -0.15) is 10.2 Å². The summed E-state index contributed by atoms with van der Waals surface area (Å²) in [4.78, 5) is 27.0. The Kier molecular flexibility index (Phi) is 6.19. The van der Waals surface area contributed by atoms with E-state index < -0.39 is 5.41 Å². The Balaban J connectivity index is 1.47. The molecule has 0 atom stereocenters. The fraction of sp³-hybridized carbons (Fsp3) is 0.261. The highest BCUT2D eigenvalue weighted by Gasteiger charge is 2.37. The maximum absolute atomic E-state index is 11.9. The van der Waals surface area contributed by atoms with E-state index in [-0.39, 0.29) is 5.91 Å². The summed E-state index contributed by atoms with van der Waals surface area (Å²) < 4.78 is 0. The summed E-state index contributed by atoms with van der Waals surface area (Å²) in [6.07, 6.45) is 2.78. The number of nitriles is 1. The van der Waals surface area contributed by atoms with Crippen molar-refractivity contribution in [2.45, 2.75) is 18.3 Å². The van der Waals surface area contributed by atoms with Crippen LogP contribution in [0.3, 0.4) is 0 Å². The third-order valence-corrected chi connectivity index (χ3v) is 5.93. The number of rotatable bonds is 5. The number of nitrogens with one attached hydrogen (secondary N) is 2. The second kappa shape index (κ2) is 9.20. The number of amides is 1. The third kappa shape index (κ3) is 4.48. The van der Waals surface area contributed by atoms with Crippen LogP contribution >= 0.6 is 11.6 Å². The Labute approximate surface area is 191 Å². The minimum absolute atomic E-state index is 0.167. The molecule has 32 heavy (non-hydrogen) atoms. The molecule has 1 amide bonds. The molecule has 2 heterocycles. The summed E-state index contributed by atoms with van der Waals surface area (Å²) in [7, 11) is 1.59. The number of aromatic nitrogens is 3. The van der Waals surface area contributed by atoms with Gasteiger partial charge in [0, 0.05) is 36.4 Å². The van der Waals surface area contributed by atoms with Crippen LogP contribution in [0.5, 0.6) is 0 Å². The van der Waals surface area contributed by atoms with Crippen LogP contribution in [0.15, 0.2) is 54.9 Å². The molecule has 4 rings (SSSR count). The van der Waals surface area contributed by atoms with Crippen LogP contribution in [-0.2, 0) is 5.41 Å². The van der Waals surface area contributed by atoms with Gasteiger partial charge in [0.1, 0.15) is 6.33 Å². The molecular formula is C23H22ClN7O. The van der Waals surface area contributed by atoms with E-state index in [0.29, 0.717) is 54.1 Å². The Morgan fingerprint density at radius 1 is 1.16 bits per heavy atom. The van der Waals surface area contributed by atoms with Crippen LogP contribution in [0.25, 0.3) is 0 Å². The van der Waals surface area contributed by atoms with E-state index in [4.69, 9.17) is 11.6 Å². The summed E-state index contributed by atoms with van der Waals surface area (Å²) in [6.45, 7) is 1.29. The zero-order valence-corrected chi connectivity index (χ0v) is 18.3. The van der Waals surface area contributed by atoms with Crippen molar-refractivity contribution in [3.05, 3.63) is 71.0 Å². The molecule has 3 aromatic rings. The van der Waals surface area contributed by atoms with Crippen molar-refractivity contribution in [3.8, 4) is 6.07 Å². The number of hydrogen-bond acceptors (Lipinski definition) is 7. The first-order chi connectivity index (χ1) is 15.5. The third-order valence-electron chi connectivity index (χ3n) is 5.68. The van der Waals surface area contributed by atoms with E-state index in [1.54, 1.807) is 25.2 Å². The number of carbonyl (C=O) groups excluding carboxylic acids is 1. The van der Waals surface area contributed by atoms with Crippen molar-refractivity contribution in [3.63, 3.8) is 0 Å². The Bertz CT molecular complexity index is 1150. The van der Waals surface area contributed by atoms with Gasteiger partial charge in [0.2, 0.25) is 11.9 Å². The lowest BCUT2D eigenvalue weighted by molar-refractivity contribution is 0.0963. The van der Waals surface area contributed by atoms with E-state index in [1.807, 2.05) is 30.3 Å². The second-order valence-electron chi connectivity index (χ2n) is 7.58. The van der Waals surface area contributed by atoms with Gasteiger partial charge in [-0.25, -0.2) is 9.97 Å². The van der Waals surface area contributed by atoms with Crippen LogP contribution in [0.1, 0.15) is 28.8 Å². The van der Waals surface area contributed by atoms with Gasteiger partial charge in [0.25, 0.3) is 5.91 Å². The predicted molar refractivity (Wildman–Crippen MR) is 123 cm³/mol. The van der Waals surface area contributed by atoms with Crippen molar-refractivity contribution >= 4 is 35.1 Å². The van der Waals surface area contributed by atoms with E-state index in [1.165, 1.54) is 6.33 Å². The quantitative estimate of drug-likeness (QED) is 0.614. The van der Waals surface area contributed by atoms with Gasteiger partial charge in [-0.15, -0.1) is 0 Å². The largest absolute Gasteiger partial charge is 0.355 e. The Morgan fingerprint density at radius 3 is 2.59 bits per heavy atom. The van der Waals surface area contributed by atoms with Crippen molar-refractivity contribution in [1.29, 1.82) is 5.26 Å². The lowest BCUT2D eigenvalue weighted by Gasteiger charge is -2.37. The average Bonchev–Trinajstić information content (AvgIpc) is 2.84. The lowest BCUT2D eigenvalue weighted by Crippen LogP contribution is -2.42. The molecule has 2 N–H and O–H groups in total. The van der Waals surface area contributed by atoms with Crippen LogP contribution in [0.4, 0.5) is 17.6 Å². The first kappa shape index (κ1) is 21.5. The number of carbonyl (C=O) groups is 1. The predicted octanol–water partition coefficient (Wildman–Crippen LogP) is 3.69. The number of benzene rings is 2. The number of piperidine rings is 1. The molecule has 9 heteroatoms. The van der Waals surface area contributed by atoms with Gasteiger partial charge in [-0.05, 0) is 48.7 Å². The van der Waals surface area contributed by atoms with Gasteiger partial charge in [-0.1, -0.05) is 29.8 Å². The van der Waals surface area contributed by atoms with E-state index in [9.17, 15) is 10.1 Å². The van der Waals surface area contributed by atoms with Crippen molar-refractivity contribution in [2.24, 2.45) is 0 Å². The summed E-state index contributed by atoms with van der Waals surface area (Å²) in [5, 5.41) is 16.3. The molecule has 0 saturated carbocycles. The first-order valence-electron chi connectivity index (χ1n) is 10.2. The molecule has 1 aromatic heterocycles. The number of nitrogens with zero attached hydrogens (tertiary/aromatic N) is 5. The highest BCUT2D eigenvalue weighted by atomic mass is 35.5. The maximum atomic E-state index is 11.9. The summed E-state index contributed by atoms with van der Waals surface area (Å²) >= 11 is 6.01. The highest BCUT2D eigenvalue weighted by molar-refractivity contribution is 6.30. The maximum Gasteiger partial charge on any atom is 0.251 e. The van der Waals surface area contributed by atoms with Crippen molar-refractivity contribution in [1.82, 2.24) is 20.3 Å². The zero-order chi connectivity index (χ0) is 22.6. The molecule has 8 nitrogen and oxygen atoms in total. The SMILES string of the molecule is CNC(=O)c1cccc(Nc2ncnc(N3CCC(C#N)(c4ccc(Cl)cc4)CC3)n2)c1. The van der Waals surface area contributed by atoms with E-state index in [2.05, 4.69) is 36.6 Å². The smallest absolute Gasteiger partial charge is 0.251 e. The molecule has 2 aromatic carbocycles. The van der Waals surface area contributed by atoms with Gasteiger partial charge in [0.15, 0.2) is 0 Å². The molecule has 162 valence electrons. The molecule has 1 aliphatic rings. The normalized spacial score (nSPS) is 15.0. The molecule has 0 aliphatic carbocycles. The summed E-state index contributed by atoms with van der Waals surface area (Å²) in [5.41, 5.74) is 1.68. The van der Waals surface area contributed by atoms with Gasteiger partial charge < -0.3 is 15.5 Å². The minimum atomic E-state index is -0.546. The summed E-state index contributed by atoms with van der Waals surface area (Å²) in [5.74, 6) is 0.770. The average molecular weight is 448 g/mol. The van der Waals surface area contributed by atoms with Gasteiger partial charge in [-0.3, -0.25) is 4.79 Å². The first-order valence-corrected chi connectivity index (χ1v) is 10.6. The molecule has 0 radical (unpaired) electrons. The number of hydrogen-bond donors (Lipinski definition) is 2. The van der Waals surface area contributed by atoms with E-state index in [0.717, 1.165) is 5.56 Å². The van der Waals surface area contributed by atoms with Crippen molar-refractivity contribution < 1.29 is 4.79 Å². The molecule has 0 unspecified atom stereocenters. The monoisotopic (exact) mass is 447 g/mol. The van der Waals surface area contributed by atoms with Crippen LogP contribution in [0.2, 0.25) is 5.02 Å². The fourth-order valence-corrected chi connectivity index (χ4v) is 3.96. The Morgan fingerprint density at radius 2 is 1.91 bits per heavy atom. The lowest BCUT2D eigenvalue weighted by atomic mass is 9.74. The zero-order valence-electron chi connectivity index (χ0n) is 17.5. The topological polar surface area (TPSA) is 107 Å². The molecule has 0 spiro atoms. The standard InChI is InChI=1S/C23H22ClN7O/c1-26-20(32)16-3-2-4-19(13-16)29-21-27-15-28-22(30-21)31-11-9-23(14-25,10-12-31)17-5-7-18(24)8-6-17/h2-8,13,15H,9-12H2,1H3,(H,26,32)(H,27,28,29,30). The minimum Gasteiger partial charge on any atom is -0.355 e.